The number of nitrogens with one attached hydrogen (secondary N) is 1. The molecule has 0 aliphatic heterocycles. The first-order chi connectivity index (χ1) is 12.5. The Labute approximate surface area is 152 Å². The van der Waals surface area contributed by atoms with Gasteiger partial charge in [0.2, 0.25) is 10.0 Å². The van der Waals surface area contributed by atoms with E-state index in [2.05, 4.69) is 5.32 Å². The number of carbonyl (C=O) groups excluding carboxylic acids is 1. The highest BCUT2D eigenvalue weighted by Gasteiger charge is 2.30. The second-order valence-electron chi connectivity index (χ2n) is 5.32. The predicted molar refractivity (Wildman–Crippen MR) is 91.5 cm³/mol. The number of nitrogens with two attached hydrogens (primary N) is 1. The molecule has 0 unspecified atom stereocenters. The SMILES string of the molecule is N#C/C(=C\c1cccc(C(F)(F)F)c1)C(=O)Nc1ccc(S(N)(=O)=O)cc1. The maximum absolute atomic E-state index is 12.7. The molecule has 0 aliphatic carbocycles. The van der Waals surface area contributed by atoms with E-state index in [9.17, 15) is 26.4 Å². The normalized spacial score (nSPS) is 12.3. The lowest BCUT2D eigenvalue weighted by atomic mass is 10.1. The molecule has 3 N–H and O–H groups in total. The fourth-order valence-electron chi connectivity index (χ4n) is 2.05. The molecule has 0 aliphatic rings. The number of halogens is 3. The molecule has 2 aromatic carbocycles. The van der Waals surface area contributed by atoms with Gasteiger partial charge in [0, 0.05) is 5.69 Å². The lowest BCUT2D eigenvalue weighted by molar-refractivity contribution is -0.137. The number of nitriles is 1. The molecule has 6 nitrogen and oxygen atoms in total. The van der Waals surface area contributed by atoms with Crippen LogP contribution in [0.4, 0.5) is 18.9 Å². The van der Waals surface area contributed by atoms with E-state index in [1.807, 2.05) is 0 Å². The van der Waals surface area contributed by atoms with Gasteiger partial charge in [-0.2, -0.15) is 18.4 Å². The van der Waals surface area contributed by atoms with Crippen molar-refractivity contribution in [3.8, 4) is 6.07 Å². The maximum atomic E-state index is 12.7. The molecule has 27 heavy (non-hydrogen) atoms. The topological polar surface area (TPSA) is 113 Å². The summed E-state index contributed by atoms with van der Waals surface area (Å²) in [5, 5.41) is 16.4. The number of amides is 1. The van der Waals surface area contributed by atoms with Gasteiger partial charge in [-0.1, -0.05) is 12.1 Å². The number of benzene rings is 2. The summed E-state index contributed by atoms with van der Waals surface area (Å²) in [5.74, 6) is -0.863. The van der Waals surface area contributed by atoms with Crippen molar-refractivity contribution >= 4 is 27.7 Å². The van der Waals surface area contributed by atoms with Crippen LogP contribution in [-0.4, -0.2) is 14.3 Å². The van der Waals surface area contributed by atoms with Crippen LogP contribution in [0.15, 0.2) is 59.0 Å². The molecular formula is C17H12F3N3O3S. The van der Waals surface area contributed by atoms with Crippen LogP contribution in [0.3, 0.4) is 0 Å². The Kier molecular flexibility index (Phi) is 5.68. The fourth-order valence-corrected chi connectivity index (χ4v) is 2.56. The van der Waals surface area contributed by atoms with Crippen LogP contribution in [0.2, 0.25) is 0 Å². The zero-order chi connectivity index (χ0) is 20.2. The molecule has 0 aromatic heterocycles. The van der Waals surface area contributed by atoms with E-state index in [-0.39, 0.29) is 16.1 Å². The molecule has 0 radical (unpaired) electrons. The molecule has 2 rings (SSSR count). The monoisotopic (exact) mass is 395 g/mol. The molecule has 10 heteroatoms. The summed E-state index contributed by atoms with van der Waals surface area (Å²) in [6, 6.07) is 10.6. The molecule has 0 spiro atoms. The van der Waals surface area contributed by atoms with Crippen LogP contribution < -0.4 is 10.5 Å². The Bertz CT molecular complexity index is 1040. The third-order valence-corrected chi connectivity index (χ3v) is 4.26. The van der Waals surface area contributed by atoms with E-state index < -0.39 is 33.2 Å². The Morgan fingerprint density at radius 2 is 1.78 bits per heavy atom. The van der Waals surface area contributed by atoms with Gasteiger partial charge in [-0.3, -0.25) is 4.79 Å². The van der Waals surface area contributed by atoms with Gasteiger partial charge in [0.15, 0.2) is 0 Å². The van der Waals surface area contributed by atoms with Gasteiger partial charge in [-0.25, -0.2) is 13.6 Å². The summed E-state index contributed by atoms with van der Waals surface area (Å²) in [7, 11) is -3.89. The summed E-state index contributed by atoms with van der Waals surface area (Å²) in [4.78, 5) is 12.0. The third kappa shape index (κ3) is 5.40. The van der Waals surface area contributed by atoms with Crippen molar-refractivity contribution in [3.05, 3.63) is 65.2 Å². The maximum Gasteiger partial charge on any atom is 0.416 e. The van der Waals surface area contributed by atoms with Gasteiger partial charge in [-0.15, -0.1) is 0 Å². The van der Waals surface area contributed by atoms with E-state index in [1.165, 1.54) is 18.2 Å². The van der Waals surface area contributed by atoms with Crippen molar-refractivity contribution in [3.63, 3.8) is 0 Å². The molecule has 0 heterocycles. The molecule has 0 saturated heterocycles. The summed E-state index contributed by atoms with van der Waals surface area (Å²) in [6.45, 7) is 0. The third-order valence-electron chi connectivity index (χ3n) is 3.33. The molecular weight excluding hydrogens is 383 g/mol. The summed E-state index contributed by atoms with van der Waals surface area (Å²) < 4.78 is 60.6. The van der Waals surface area contributed by atoms with Crippen LogP contribution >= 0.6 is 0 Å². The number of hydrogen-bond acceptors (Lipinski definition) is 4. The number of anilines is 1. The highest BCUT2D eigenvalue weighted by molar-refractivity contribution is 7.89. The number of hydrogen-bond donors (Lipinski definition) is 2. The Balaban J connectivity index is 2.24. The van der Waals surface area contributed by atoms with Crippen molar-refractivity contribution in [2.45, 2.75) is 11.1 Å². The van der Waals surface area contributed by atoms with Crippen LogP contribution in [0.25, 0.3) is 6.08 Å². The zero-order valence-electron chi connectivity index (χ0n) is 13.5. The van der Waals surface area contributed by atoms with Crippen molar-refractivity contribution in [1.29, 1.82) is 5.26 Å². The fraction of sp³-hybridized carbons (Fsp3) is 0.0588. The Morgan fingerprint density at radius 1 is 1.15 bits per heavy atom. The summed E-state index contributed by atoms with van der Waals surface area (Å²) in [5.41, 5.74) is -1.13. The highest BCUT2D eigenvalue weighted by Crippen LogP contribution is 2.30. The molecule has 0 bridgehead atoms. The van der Waals surface area contributed by atoms with Crippen molar-refractivity contribution in [2.75, 3.05) is 5.32 Å². The molecule has 0 fully saturated rings. The number of primary sulfonamides is 1. The van der Waals surface area contributed by atoms with Gasteiger partial charge in [0.25, 0.3) is 5.91 Å². The van der Waals surface area contributed by atoms with Gasteiger partial charge in [-0.05, 0) is 48.0 Å². The van der Waals surface area contributed by atoms with E-state index in [0.717, 1.165) is 36.4 Å². The zero-order valence-corrected chi connectivity index (χ0v) is 14.3. The number of sulfonamides is 1. The van der Waals surface area contributed by atoms with Gasteiger partial charge in [0.05, 0.1) is 10.5 Å². The lowest BCUT2D eigenvalue weighted by Crippen LogP contribution is -2.14. The van der Waals surface area contributed by atoms with Gasteiger partial charge in [0.1, 0.15) is 11.6 Å². The minimum atomic E-state index is -4.55. The van der Waals surface area contributed by atoms with Crippen LogP contribution in [0.1, 0.15) is 11.1 Å². The number of alkyl halides is 3. The van der Waals surface area contributed by atoms with E-state index in [0.29, 0.717) is 0 Å². The second kappa shape index (κ2) is 7.61. The minimum Gasteiger partial charge on any atom is -0.321 e. The van der Waals surface area contributed by atoms with Crippen molar-refractivity contribution < 1.29 is 26.4 Å². The number of carbonyl (C=O) groups is 1. The Morgan fingerprint density at radius 3 is 2.30 bits per heavy atom. The first-order valence-corrected chi connectivity index (χ1v) is 8.78. The predicted octanol–water partition coefficient (Wildman–Crippen LogP) is 2.90. The molecule has 140 valence electrons. The second-order valence-corrected chi connectivity index (χ2v) is 6.88. The number of rotatable bonds is 4. The van der Waals surface area contributed by atoms with Crippen LogP contribution in [0, 0.1) is 11.3 Å². The average Bonchev–Trinajstić information content (AvgIpc) is 2.58. The van der Waals surface area contributed by atoms with Crippen molar-refractivity contribution in [1.82, 2.24) is 0 Å². The first kappa shape index (κ1) is 20.2. The average molecular weight is 395 g/mol. The van der Waals surface area contributed by atoms with Gasteiger partial charge < -0.3 is 5.32 Å². The van der Waals surface area contributed by atoms with E-state index >= 15 is 0 Å². The van der Waals surface area contributed by atoms with Crippen molar-refractivity contribution in [2.24, 2.45) is 5.14 Å². The number of nitrogens with zero attached hydrogens (tertiary/aromatic N) is 1. The largest absolute Gasteiger partial charge is 0.416 e. The molecule has 0 saturated carbocycles. The van der Waals surface area contributed by atoms with E-state index in [4.69, 9.17) is 10.4 Å². The summed E-state index contributed by atoms with van der Waals surface area (Å²) in [6.07, 6.45) is -3.53. The molecule has 0 atom stereocenters. The van der Waals surface area contributed by atoms with E-state index in [1.54, 1.807) is 6.07 Å². The molecule has 1 amide bonds. The standard InChI is InChI=1S/C17H12F3N3O3S/c18-17(19,20)13-3-1-2-11(9-13)8-12(10-21)16(24)23-14-4-6-15(7-5-14)27(22,25)26/h1-9H,(H,23,24)(H2,22,25,26)/b12-8+. The Hall–Kier alpha value is -3.16. The first-order valence-electron chi connectivity index (χ1n) is 7.24. The lowest BCUT2D eigenvalue weighted by Gasteiger charge is -2.08. The molecule has 2 aromatic rings. The van der Waals surface area contributed by atoms with Crippen LogP contribution in [-0.2, 0) is 21.0 Å². The smallest absolute Gasteiger partial charge is 0.321 e. The quantitative estimate of drug-likeness (QED) is 0.612. The summed E-state index contributed by atoms with van der Waals surface area (Å²) >= 11 is 0. The minimum absolute atomic E-state index is 0.0288. The van der Waals surface area contributed by atoms with Crippen LogP contribution in [0.5, 0.6) is 0 Å². The highest BCUT2D eigenvalue weighted by atomic mass is 32.2. The van der Waals surface area contributed by atoms with Gasteiger partial charge >= 0.3 is 6.18 Å².